The number of aliphatic imine (C=N–C) groups is 1. The first kappa shape index (κ1) is 14.9. The van der Waals surface area contributed by atoms with Crippen molar-refractivity contribution in [3.8, 4) is 0 Å². The van der Waals surface area contributed by atoms with Gasteiger partial charge in [0.1, 0.15) is 6.17 Å². The SMILES string of the molecule is C=C[C@@H]1C/C=C\[C@H](NC(CC)CCCN)N=CN1. The first-order valence-corrected chi connectivity index (χ1v) is 6.83. The van der Waals surface area contributed by atoms with E-state index >= 15 is 0 Å². The van der Waals surface area contributed by atoms with Crippen LogP contribution in [0.25, 0.3) is 0 Å². The van der Waals surface area contributed by atoms with Crippen molar-refractivity contribution >= 4 is 6.34 Å². The third kappa shape index (κ3) is 5.47. The fourth-order valence-corrected chi connectivity index (χ4v) is 1.96. The Labute approximate surface area is 110 Å². The van der Waals surface area contributed by atoms with Crippen molar-refractivity contribution in [1.82, 2.24) is 10.6 Å². The molecule has 0 spiro atoms. The molecule has 4 nitrogen and oxygen atoms in total. The van der Waals surface area contributed by atoms with Crippen LogP contribution in [0.15, 0.2) is 29.8 Å². The minimum absolute atomic E-state index is 0.0611. The molecule has 1 heterocycles. The smallest absolute Gasteiger partial charge is 0.120 e. The summed E-state index contributed by atoms with van der Waals surface area (Å²) in [4.78, 5) is 4.46. The predicted octanol–water partition coefficient (Wildman–Crippen LogP) is 1.55. The van der Waals surface area contributed by atoms with Crippen LogP contribution in [0.2, 0.25) is 0 Å². The second-order valence-corrected chi connectivity index (χ2v) is 4.60. The maximum absolute atomic E-state index is 5.55. The third-order valence-corrected chi connectivity index (χ3v) is 3.17. The van der Waals surface area contributed by atoms with E-state index < -0.39 is 0 Å². The molecule has 1 aliphatic rings. The Bertz CT molecular complexity index is 270. The van der Waals surface area contributed by atoms with Crippen molar-refractivity contribution in [2.75, 3.05) is 6.54 Å². The van der Waals surface area contributed by atoms with E-state index in [1.807, 2.05) is 6.08 Å². The number of nitrogens with one attached hydrogen (secondary N) is 2. The van der Waals surface area contributed by atoms with Gasteiger partial charge in [-0.15, -0.1) is 6.58 Å². The molecule has 102 valence electrons. The van der Waals surface area contributed by atoms with Crippen LogP contribution >= 0.6 is 0 Å². The highest BCUT2D eigenvalue weighted by Gasteiger charge is 2.11. The van der Waals surface area contributed by atoms with Gasteiger partial charge in [-0.25, -0.2) is 0 Å². The molecule has 1 aliphatic heterocycles. The van der Waals surface area contributed by atoms with Gasteiger partial charge in [-0.05, 0) is 38.3 Å². The summed E-state index contributed by atoms with van der Waals surface area (Å²) >= 11 is 0. The maximum atomic E-state index is 5.55. The van der Waals surface area contributed by atoms with Crippen LogP contribution in [-0.2, 0) is 0 Å². The van der Waals surface area contributed by atoms with E-state index in [1.54, 1.807) is 6.34 Å². The lowest BCUT2D eigenvalue weighted by Crippen LogP contribution is -2.38. The van der Waals surface area contributed by atoms with E-state index in [0.717, 1.165) is 32.2 Å². The molecule has 4 N–H and O–H groups in total. The summed E-state index contributed by atoms with van der Waals surface area (Å²) in [6.45, 7) is 6.73. The molecule has 0 fully saturated rings. The van der Waals surface area contributed by atoms with Crippen molar-refractivity contribution in [1.29, 1.82) is 0 Å². The predicted molar refractivity (Wildman–Crippen MR) is 78.7 cm³/mol. The quantitative estimate of drug-likeness (QED) is 0.601. The Morgan fingerprint density at radius 2 is 2.50 bits per heavy atom. The van der Waals surface area contributed by atoms with Gasteiger partial charge in [0.05, 0.1) is 6.34 Å². The molecule has 0 saturated heterocycles. The summed E-state index contributed by atoms with van der Waals surface area (Å²) in [5.41, 5.74) is 5.55. The fourth-order valence-electron chi connectivity index (χ4n) is 1.96. The van der Waals surface area contributed by atoms with Gasteiger partial charge in [-0.1, -0.05) is 19.1 Å². The first-order chi connectivity index (χ1) is 8.80. The number of hydrogen-bond acceptors (Lipinski definition) is 4. The molecule has 0 aromatic rings. The average Bonchev–Trinajstić information content (AvgIpc) is 2.36. The van der Waals surface area contributed by atoms with Crippen LogP contribution in [-0.4, -0.2) is 31.1 Å². The number of nitrogens with two attached hydrogens (primary N) is 1. The zero-order chi connectivity index (χ0) is 13.2. The lowest BCUT2D eigenvalue weighted by atomic mass is 10.1. The van der Waals surface area contributed by atoms with Crippen molar-refractivity contribution < 1.29 is 0 Å². The van der Waals surface area contributed by atoms with E-state index in [-0.39, 0.29) is 12.2 Å². The van der Waals surface area contributed by atoms with Crippen LogP contribution in [0.4, 0.5) is 0 Å². The molecule has 0 radical (unpaired) electrons. The lowest BCUT2D eigenvalue weighted by Gasteiger charge is -2.22. The van der Waals surface area contributed by atoms with Gasteiger partial charge in [-0.2, -0.15) is 0 Å². The molecule has 0 amide bonds. The van der Waals surface area contributed by atoms with Gasteiger partial charge in [0.2, 0.25) is 0 Å². The van der Waals surface area contributed by atoms with Gasteiger partial charge in [-0.3, -0.25) is 10.3 Å². The fraction of sp³-hybridized carbons (Fsp3) is 0.643. The van der Waals surface area contributed by atoms with E-state index in [0.29, 0.717) is 6.04 Å². The zero-order valence-electron chi connectivity index (χ0n) is 11.3. The van der Waals surface area contributed by atoms with Crippen LogP contribution < -0.4 is 16.4 Å². The van der Waals surface area contributed by atoms with Crippen molar-refractivity contribution in [3.63, 3.8) is 0 Å². The zero-order valence-corrected chi connectivity index (χ0v) is 11.3. The van der Waals surface area contributed by atoms with Gasteiger partial charge < -0.3 is 11.1 Å². The number of nitrogens with zero attached hydrogens (tertiary/aromatic N) is 1. The van der Waals surface area contributed by atoms with Crippen LogP contribution in [0, 0.1) is 0 Å². The summed E-state index contributed by atoms with van der Waals surface area (Å²) in [7, 11) is 0. The van der Waals surface area contributed by atoms with Gasteiger partial charge >= 0.3 is 0 Å². The highest BCUT2D eigenvalue weighted by atomic mass is 15.1. The highest BCUT2D eigenvalue weighted by Crippen LogP contribution is 2.05. The Kier molecular flexibility index (Phi) is 7.37. The van der Waals surface area contributed by atoms with Crippen molar-refractivity contribution in [2.45, 2.75) is 50.9 Å². The van der Waals surface area contributed by atoms with Gasteiger partial charge in [0, 0.05) is 12.1 Å². The average molecular weight is 250 g/mol. The molecule has 3 atom stereocenters. The van der Waals surface area contributed by atoms with E-state index in [9.17, 15) is 0 Å². The highest BCUT2D eigenvalue weighted by molar-refractivity contribution is 5.56. The Morgan fingerprint density at radius 3 is 3.17 bits per heavy atom. The Hall–Kier alpha value is -1.13. The first-order valence-electron chi connectivity index (χ1n) is 6.83. The standard InChI is InChI=1S/C14H26N4/c1-3-12-7-5-9-14(17-11-16-12)18-13(4-2)8-6-10-15/h3,5,9,11-14,18H,1,4,6-8,10,15H2,2H3,(H,16,17)/b9-5-/t12-,13?,14+/m1/s1. The van der Waals surface area contributed by atoms with E-state index in [2.05, 4.69) is 41.3 Å². The minimum atomic E-state index is 0.0611. The molecule has 4 heteroatoms. The van der Waals surface area contributed by atoms with Crippen LogP contribution in [0.5, 0.6) is 0 Å². The lowest BCUT2D eigenvalue weighted by molar-refractivity contribution is 0.430. The Balaban J connectivity index is 2.45. The summed E-state index contributed by atoms with van der Waals surface area (Å²) in [6.07, 6.45) is 12.2. The molecule has 1 unspecified atom stereocenters. The molecular formula is C14H26N4. The Morgan fingerprint density at radius 1 is 1.67 bits per heavy atom. The summed E-state index contributed by atoms with van der Waals surface area (Å²) in [5, 5.41) is 6.75. The van der Waals surface area contributed by atoms with E-state index in [4.69, 9.17) is 5.73 Å². The maximum Gasteiger partial charge on any atom is 0.120 e. The summed E-state index contributed by atoms with van der Waals surface area (Å²) in [5.74, 6) is 0. The summed E-state index contributed by atoms with van der Waals surface area (Å²) in [6, 6.07) is 0.764. The molecule has 0 aromatic heterocycles. The van der Waals surface area contributed by atoms with Gasteiger partial charge in [0.25, 0.3) is 0 Å². The number of hydrogen-bond donors (Lipinski definition) is 3. The second-order valence-electron chi connectivity index (χ2n) is 4.60. The molecule has 0 bridgehead atoms. The largest absolute Gasteiger partial charge is 0.370 e. The molecule has 18 heavy (non-hydrogen) atoms. The topological polar surface area (TPSA) is 62.4 Å². The minimum Gasteiger partial charge on any atom is -0.370 e. The van der Waals surface area contributed by atoms with E-state index in [1.165, 1.54) is 0 Å². The second kappa shape index (κ2) is 8.89. The van der Waals surface area contributed by atoms with Crippen molar-refractivity contribution in [2.24, 2.45) is 10.7 Å². The van der Waals surface area contributed by atoms with Gasteiger partial charge in [0.15, 0.2) is 0 Å². The summed E-state index contributed by atoms with van der Waals surface area (Å²) < 4.78 is 0. The monoisotopic (exact) mass is 250 g/mol. The van der Waals surface area contributed by atoms with Crippen LogP contribution in [0.3, 0.4) is 0 Å². The molecule has 1 rings (SSSR count). The molecule has 0 aliphatic carbocycles. The normalized spacial score (nSPS) is 26.8. The van der Waals surface area contributed by atoms with Crippen LogP contribution in [0.1, 0.15) is 32.6 Å². The molecule has 0 aromatic carbocycles. The third-order valence-electron chi connectivity index (χ3n) is 3.17. The molecular weight excluding hydrogens is 224 g/mol. The number of rotatable bonds is 7. The van der Waals surface area contributed by atoms with Crippen molar-refractivity contribution in [3.05, 3.63) is 24.8 Å². The molecule has 0 saturated carbocycles.